The zero-order chi connectivity index (χ0) is 58.2. The Morgan fingerprint density at radius 1 is 0.797 bits per heavy atom. The number of halogens is 3. The number of nitrogens with one attached hydrogen (secondary N) is 8. The summed E-state index contributed by atoms with van der Waals surface area (Å²) < 4.78 is 40.7. The predicted octanol–water partition coefficient (Wildman–Crippen LogP) is 0.284. The Morgan fingerprint density at radius 2 is 1.39 bits per heavy atom. The number of imidazole rings is 1. The number of hydrogen-bond donors (Lipinski definition) is 12. The maximum absolute atomic E-state index is 14.6. The SMILES string of the molecule is CC[C@H](C)[C@H](NC(=O)[C@H](Cc1ccc(O)cc1)NC(=O)[C@@H](NC(=O)[C@H](CCCN=C(N)N)NC(=O)CNC)C(C)C)C(=O)N[C@@H](Cc1cnc[nH]1)C(=O)N1CCC[C@H]1C(=O)N[C@@H](Cc1ccc(C2(C(F)(F)F)N=N2)cc1)C(=O)O. The largest absolute Gasteiger partial charge is 0.508 e. The van der Waals surface area contributed by atoms with Gasteiger partial charge in [0, 0.05) is 49.8 Å². The van der Waals surface area contributed by atoms with Gasteiger partial charge in [0.1, 0.15) is 48.0 Å². The van der Waals surface area contributed by atoms with Crippen LogP contribution in [0.1, 0.15) is 82.2 Å². The van der Waals surface area contributed by atoms with E-state index in [4.69, 9.17) is 11.5 Å². The lowest BCUT2D eigenvalue weighted by atomic mass is 9.96. The number of carboxylic acids is 1. The van der Waals surface area contributed by atoms with Gasteiger partial charge in [0.2, 0.25) is 41.4 Å². The first-order valence-corrected chi connectivity index (χ1v) is 25.8. The second-order valence-electron chi connectivity index (χ2n) is 19.8. The van der Waals surface area contributed by atoms with E-state index in [0.717, 1.165) is 12.1 Å². The molecule has 8 atom stereocenters. The van der Waals surface area contributed by atoms with E-state index in [0.29, 0.717) is 24.1 Å². The number of aliphatic carboxylic acids is 1. The van der Waals surface area contributed by atoms with Gasteiger partial charge in [0.25, 0.3) is 0 Å². The van der Waals surface area contributed by atoms with Crippen molar-refractivity contribution in [3.05, 3.63) is 83.4 Å². The van der Waals surface area contributed by atoms with Crippen LogP contribution in [0.5, 0.6) is 5.75 Å². The van der Waals surface area contributed by atoms with Crippen LogP contribution < -0.4 is 48.7 Å². The Morgan fingerprint density at radius 3 is 1.95 bits per heavy atom. The third-order valence-electron chi connectivity index (χ3n) is 13.5. The van der Waals surface area contributed by atoms with Crippen LogP contribution in [0.4, 0.5) is 13.2 Å². The van der Waals surface area contributed by atoms with Crippen molar-refractivity contribution in [2.24, 2.45) is 38.5 Å². The van der Waals surface area contributed by atoms with E-state index in [-0.39, 0.29) is 81.0 Å². The number of H-pyrrole nitrogens is 1. The molecule has 0 radical (unpaired) electrons. The van der Waals surface area contributed by atoms with Gasteiger partial charge in [-0.25, -0.2) is 9.78 Å². The van der Waals surface area contributed by atoms with Crippen LogP contribution in [0, 0.1) is 11.8 Å². The number of likely N-dealkylation sites (N-methyl/N-ethyl adjacent to an activating group) is 1. The Kier molecular flexibility index (Phi) is 21.8. The van der Waals surface area contributed by atoms with E-state index < -0.39 is 113 Å². The summed E-state index contributed by atoms with van der Waals surface area (Å²) >= 11 is 0. The van der Waals surface area contributed by atoms with Crippen LogP contribution >= 0.6 is 0 Å². The molecule has 430 valence electrons. The molecule has 1 aromatic heterocycles. The summed E-state index contributed by atoms with van der Waals surface area (Å²) in [6.07, 6.45) is -1.50. The number of nitrogens with zero attached hydrogens (tertiary/aromatic N) is 5. The smallest absolute Gasteiger partial charge is 0.442 e. The fraction of sp³-hybridized carbons (Fsp3) is 0.529. The van der Waals surface area contributed by atoms with E-state index in [2.05, 4.69) is 62.4 Å². The fourth-order valence-electron chi connectivity index (χ4n) is 8.86. The molecule has 0 saturated carbocycles. The van der Waals surface area contributed by atoms with Gasteiger partial charge in [-0.05, 0) is 67.8 Å². The summed E-state index contributed by atoms with van der Waals surface area (Å²) in [5.74, 6) is -8.00. The monoisotopic (exact) mass is 1110 g/mol. The Hall–Kier alpha value is -8.17. The van der Waals surface area contributed by atoms with Crippen LogP contribution in [0.2, 0.25) is 0 Å². The second kappa shape index (κ2) is 27.9. The van der Waals surface area contributed by atoms with Crippen LogP contribution in [0.25, 0.3) is 0 Å². The van der Waals surface area contributed by atoms with E-state index >= 15 is 0 Å². The molecule has 28 heteroatoms. The van der Waals surface area contributed by atoms with Gasteiger partial charge in [-0.2, -0.15) is 13.2 Å². The number of aromatic hydroxyl groups is 1. The van der Waals surface area contributed by atoms with Crippen LogP contribution in [0.3, 0.4) is 0 Å². The van der Waals surface area contributed by atoms with E-state index in [1.165, 1.54) is 53.8 Å². The van der Waals surface area contributed by atoms with Gasteiger partial charge < -0.3 is 68.8 Å². The number of hydrogen-bond acceptors (Lipinski definition) is 14. The zero-order valence-corrected chi connectivity index (χ0v) is 44.4. The number of aromatic amines is 1. The Balaban J connectivity index is 1.34. The molecular formula is C51H70F3N15O10. The Bertz CT molecular complexity index is 2660. The van der Waals surface area contributed by atoms with Crippen molar-refractivity contribution in [1.29, 1.82) is 0 Å². The maximum Gasteiger partial charge on any atom is 0.442 e. The molecule has 3 aromatic rings. The van der Waals surface area contributed by atoms with Crippen molar-refractivity contribution in [3.63, 3.8) is 0 Å². The first-order valence-electron chi connectivity index (χ1n) is 25.8. The average molecular weight is 1110 g/mol. The molecule has 0 aliphatic carbocycles. The third-order valence-corrected chi connectivity index (χ3v) is 13.5. The number of carbonyl (C=O) groups excluding carboxylic acids is 7. The van der Waals surface area contributed by atoms with Crippen molar-refractivity contribution >= 4 is 53.3 Å². The van der Waals surface area contributed by atoms with Crippen molar-refractivity contribution < 1.29 is 61.7 Å². The first kappa shape index (κ1) is 61.7. The number of rotatable bonds is 29. The van der Waals surface area contributed by atoms with Gasteiger partial charge >= 0.3 is 17.8 Å². The lowest BCUT2D eigenvalue weighted by molar-refractivity contribution is -0.166. The topological polar surface area (TPSA) is 382 Å². The zero-order valence-electron chi connectivity index (χ0n) is 44.4. The van der Waals surface area contributed by atoms with Crippen molar-refractivity contribution in [2.45, 2.75) is 133 Å². The predicted molar refractivity (Wildman–Crippen MR) is 279 cm³/mol. The number of benzene rings is 2. The minimum atomic E-state index is -4.77. The molecule has 3 heterocycles. The molecule has 14 N–H and O–H groups in total. The highest BCUT2D eigenvalue weighted by Crippen LogP contribution is 2.52. The highest BCUT2D eigenvalue weighted by atomic mass is 19.4. The minimum Gasteiger partial charge on any atom is -0.508 e. The van der Waals surface area contributed by atoms with Crippen molar-refractivity contribution in [1.82, 2.24) is 52.1 Å². The van der Waals surface area contributed by atoms with Crippen molar-refractivity contribution in [3.8, 4) is 5.75 Å². The normalized spacial score (nSPS) is 17.2. The molecule has 0 unspecified atom stereocenters. The first-order chi connectivity index (χ1) is 37.4. The summed E-state index contributed by atoms with van der Waals surface area (Å²) in [7, 11) is 1.55. The molecule has 2 aliphatic rings. The standard InChI is InChI=1S/C51H70F3N15O10/c1-6-28(4)41(66-43(73)35(21-30-13-17-33(70)18-14-30)62-45(75)40(27(2)3)65-42(72)34(61-39(71)25-57-5)9-7-19-59-49(55)56)46(76)63-36(23-32-24-58-26-60-32)47(77)69-20-8-10-38(69)44(74)64-37(48(78)79)22-29-11-15-31(16-12-29)50(67-68-50)51(52,53)54/h11-18,24,26-28,34-38,40-41,57,70H,6-10,19-23,25H2,1-5H3,(H,58,60)(H,61,71)(H,62,75)(H,63,76)(H,64,74)(H,65,72)(H,66,73)(H,78,79)(H4,55,56,59)/t28-,34-,35-,36-,37-,38-,40-,41-/m0/s1. The number of carbonyl (C=O) groups is 8. The van der Waals surface area contributed by atoms with Gasteiger partial charge in [-0.1, -0.05) is 70.5 Å². The number of alkyl halides is 3. The molecule has 0 spiro atoms. The summed E-state index contributed by atoms with van der Waals surface area (Å²) in [4.78, 5) is 123. The molecule has 1 saturated heterocycles. The molecule has 2 aliphatic heterocycles. The third kappa shape index (κ3) is 17.2. The second-order valence-corrected chi connectivity index (χ2v) is 19.8. The number of phenolic OH excluding ortho intramolecular Hbond substituents is 1. The van der Waals surface area contributed by atoms with Gasteiger partial charge in [-0.3, -0.25) is 38.6 Å². The fourth-order valence-corrected chi connectivity index (χ4v) is 8.86. The molecule has 79 heavy (non-hydrogen) atoms. The lowest BCUT2D eigenvalue weighted by Gasteiger charge is -2.32. The highest BCUT2D eigenvalue weighted by molar-refractivity contribution is 5.98. The van der Waals surface area contributed by atoms with Gasteiger partial charge in [0.15, 0.2) is 5.96 Å². The van der Waals surface area contributed by atoms with E-state index in [1.54, 1.807) is 34.7 Å². The van der Waals surface area contributed by atoms with Crippen molar-refractivity contribution in [2.75, 3.05) is 26.7 Å². The van der Waals surface area contributed by atoms with E-state index in [1.807, 2.05) is 0 Å². The van der Waals surface area contributed by atoms with Crippen LogP contribution in [0.15, 0.2) is 76.3 Å². The summed E-state index contributed by atoms with van der Waals surface area (Å²) in [6, 6.07) is 1.39. The van der Waals surface area contributed by atoms with E-state index in [9.17, 15) is 61.7 Å². The molecule has 1 fully saturated rings. The van der Waals surface area contributed by atoms with Gasteiger partial charge in [-0.15, -0.1) is 10.2 Å². The number of carboxylic acid groups (broad SMARTS) is 1. The number of guanidine groups is 1. The minimum absolute atomic E-state index is 0.0373. The number of nitrogens with two attached hydrogens (primary N) is 2. The number of amides is 7. The summed E-state index contributed by atoms with van der Waals surface area (Å²) in [5, 5.41) is 45.3. The van der Waals surface area contributed by atoms with Crippen LogP contribution in [-0.4, -0.2) is 154 Å². The summed E-state index contributed by atoms with van der Waals surface area (Å²) in [6.45, 7) is 6.85. The molecular weight excluding hydrogens is 1040 g/mol. The number of likely N-dealkylation sites (tertiary alicyclic amines) is 1. The van der Waals surface area contributed by atoms with Gasteiger partial charge in [0.05, 0.1) is 12.9 Å². The maximum atomic E-state index is 14.6. The average Bonchev–Trinajstić information content (AvgIpc) is 4.06. The summed E-state index contributed by atoms with van der Waals surface area (Å²) in [5.41, 5.74) is 9.12. The molecule has 5 rings (SSSR count). The molecule has 7 amide bonds. The highest BCUT2D eigenvalue weighted by Gasteiger charge is 2.65. The molecule has 25 nitrogen and oxygen atoms in total. The number of aromatic nitrogens is 2. The number of aliphatic imine (C=N–C) groups is 1. The quantitative estimate of drug-likeness (QED) is 0.0253. The Labute approximate surface area is 453 Å². The molecule has 0 bridgehead atoms. The molecule has 2 aromatic carbocycles. The number of phenols is 1. The lowest BCUT2D eigenvalue weighted by Crippen LogP contribution is -2.62. The van der Waals surface area contributed by atoms with Crippen LogP contribution in [-0.2, 0) is 63.3 Å².